The second kappa shape index (κ2) is 7.17. The average Bonchev–Trinajstić information content (AvgIpc) is 2.94. The van der Waals surface area contributed by atoms with Crippen molar-refractivity contribution < 1.29 is 14.7 Å². The lowest BCUT2D eigenvalue weighted by Crippen LogP contribution is -2.24. The number of anilines is 1. The van der Waals surface area contributed by atoms with Crippen LogP contribution in [-0.2, 0) is 22.4 Å². The number of carboxylic acid groups (broad SMARTS) is 1. The smallest absolute Gasteiger partial charge is 0.234 e. The molecule has 0 aliphatic heterocycles. The second-order valence-corrected chi connectivity index (χ2v) is 5.88. The summed E-state index contributed by atoms with van der Waals surface area (Å²) in [5.41, 5.74) is 2.37. The van der Waals surface area contributed by atoms with E-state index in [0.29, 0.717) is 10.7 Å². The quantitative estimate of drug-likeness (QED) is 0.880. The molecule has 22 heavy (non-hydrogen) atoms. The van der Waals surface area contributed by atoms with Gasteiger partial charge in [-0.25, -0.2) is 4.98 Å². The molecule has 1 N–H and O–H groups in total. The monoisotopic (exact) mass is 317 g/mol. The fourth-order valence-corrected chi connectivity index (χ4v) is 2.81. The van der Waals surface area contributed by atoms with E-state index in [-0.39, 0.29) is 12.3 Å². The van der Waals surface area contributed by atoms with Crippen LogP contribution in [0.3, 0.4) is 0 Å². The molecule has 0 bridgehead atoms. The van der Waals surface area contributed by atoms with Gasteiger partial charge in [-0.05, 0) is 31.0 Å². The van der Waals surface area contributed by atoms with E-state index in [1.165, 1.54) is 16.9 Å². The van der Waals surface area contributed by atoms with Gasteiger partial charge in [0.25, 0.3) is 0 Å². The van der Waals surface area contributed by atoms with Gasteiger partial charge in [0.15, 0.2) is 0 Å². The van der Waals surface area contributed by atoms with Crippen LogP contribution in [0.15, 0.2) is 29.6 Å². The first kappa shape index (κ1) is 16.2. The maximum Gasteiger partial charge on any atom is 0.234 e. The summed E-state index contributed by atoms with van der Waals surface area (Å²) in [7, 11) is 0. The van der Waals surface area contributed by atoms with Crippen LogP contribution in [0.2, 0.25) is 0 Å². The summed E-state index contributed by atoms with van der Waals surface area (Å²) in [6.07, 6.45) is 0.717. The number of hydrogen-bond donors (Lipinski definition) is 1. The van der Waals surface area contributed by atoms with E-state index in [1.54, 1.807) is 12.3 Å². The van der Waals surface area contributed by atoms with Crippen LogP contribution in [0.4, 0.5) is 5.69 Å². The Bertz CT molecular complexity index is 664. The third-order valence-corrected chi connectivity index (χ3v) is 4.36. The molecule has 0 aliphatic carbocycles. The number of aromatic nitrogens is 1. The molecule has 6 heteroatoms. The number of carbonyl (C=O) groups is 2. The van der Waals surface area contributed by atoms with Gasteiger partial charge in [-0.15, -0.1) is 11.3 Å². The zero-order valence-electron chi connectivity index (χ0n) is 12.5. The number of aryl methyl sites for hydroxylation is 1. The fraction of sp³-hybridized carbons (Fsp3) is 0.312. The van der Waals surface area contributed by atoms with Crippen molar-refractivity contribution in [1.82, 2.24) is 4.98 Å². The van der Waals surface area contributed by atoms with Crippen LogP contribution >= 0.6 is 11.3 Å². The molecule has 1 aromatic heterocycles. The van der Waals surface area contributed by atoms with Gasteiger partial charge in [-0.3, -0.25) is 4.79 Å². The van der Waals surface area contributed by atoms with Crippen molar-refractivity contribution >= 4 is 28.9 Å². The number of nitrogens with zero attached hydrogens (tertiary/aromatic N) is 1. The lowest BCUT2D eigenvalue weighted by molar-refractivity contribution is -0.304. The predicted octanol–water partition coefficient (Wildman–Crippen LogP) is 1.74. The minimum atomic E-state index is -1.18. The highest BCUT2D eigenvalue weighted by Crippen LogP contribution is 2.22. The Morgan fingerprint density at radius 2 is 2.00 bits per heavy atom. The van der Waals surface area contributed by atoms with Crippen LogP contribution in [0.5, 0.6) is 0 Å². The highest BCUT2D eigenvalue weighted by atomic mass is 32.1. The first-order valence-corrected chi connectivity index (χ1v) is 7.91. The molecule has 1 aromatic carbocycles. The third kappa shape index (κ3) is 4.14. The molecule has 0 saturated carbocycles. The maximum absolute atomic E-state index is 12.2. The van der Waals surface area contributed by atoms with E-state index >= 15 is 0 Å². The highest BCUT2D eigenvalue weighted by molar-refractivity contribution is 7.09. The van der Waals surface area contributed by atoms with Gasteiger partial charge in [-0.2, -0.15) is 0 Å². The Hall–Kier alpha value is -2.21. The summed E-state index contributed by atoms with van der Waals surface area (Å²) >= 11 is 1.28. The summed E-state index contributed by atoms with van der Waals surface area (Å²) in [5.74, 6) is -1.78. The molecular weight excluding hydrogens is 300 g/mol. The Morgan fingerprint density at radius 3 is 2.59 bits per heavy atom. The number of nitrogens with one attached hydrogen (secondary N) is 1. The van der Waals surface area contributed by atoms with Crippen LogP contribution in [0.1, 0.15) is 36.0 Å². The van der Waals surface area contributed by atoms with Gasteiger partial charge < -0.3 is 15.2 Å². The lowest BCUT2D eigenvalue weighted by atomic mass is 10.1. The number of benzene rings is 1. The molecule has 0 saturated heterocycles. The largest absolute Gasteiger partial charge is 0.550 e. The van der Waals surface area contributed by atoms with E-state index in [0.717, 1.165) is 12.1 Å². The molecule has 1 amide bonds. The van der Waals surface area contributed by atoms with Crippen LogP contribution in [0, 0.1) is 0 Å². The minimum Gasteiger partial charge on any atom is -0.550 e. The summed E-state index contributed by atoms with van der Waals surface area (Å²) in [6, 6.07) is 7.68. The van der Waals surface area contributed by atoms with Gasteiger partial charge in [0.1, 0.15) is 5.01 Å². The minimum absolute atomic E-state index is 0.168. The number of thiazole rings is 1. The first-order valence-electron chi connectivity index (χ1n) is 7.03. The van der Waals surface area contributed by atoms with Gasteiger partial charge >= 0.3 is 0 Å². The standard InChI is InChI=1S/C16H18N2O3S/c1-3-11-4-6-12(7-5-11)17-15(21)10(2)16-18-13(9-22-16)8-14(19)20/h4-7,9-10H,3,8H2,1-2H3,(H,17,21)(H,19,20)/p-1/t10-/m0/s1. The summed E-state index contributed by atoms with van der Waals surface area (Å²) in [5, 5.41) is 15.6. The second-order valence-electron chi connectivity index (χ2n) is 4.99. The summed E-state index contributed by atoms with van der Waals surface area (Å²) < 4.78 is 0. The zero-order valence-corrected chi connectivity index (χ0v) is 13.3. The van der Waals surface area contributed by atoms with Crippen molar-refractivity contribution in [2.24, 2.45) is 0 Å². The third-order valence-electron chi connectivity index (χ3n) is 3.29. The number of carbonyl (C=O) groups excluding carboxylic acids is 2. The highest BCUT2D eigenvalue weighted by Gasteiger charge is 2.19. The van der Waals surface area contributed by atoms with Crippen molar-refractivity contribution in [3.63, 3.8) is 0 Å². The van der Waals surface area contributed by atoms with E-state index < -0.39 is 11.9 Å². The molecule has 0 unspecified atom stereocenters. The van der Waals surface area contributed by atoms with Gasteiger partial charge in [0.2, 0.25) is 5.91 Å². The number of amides is 1. The lowest BCUT2D eigenvalue weighted by Gasteiger charge is -2.10. The first-order chi connectivity index (χ1) is 10.5. The topological polar surface area (TPSA) is 82.1 Å². The molecule has 0 radical (unpaired) electrons. The number of hydrogen-bond acceptors (Lipinski definition) is 5. The Balaban J connectivity index is 2.01. The predicted molar refractivity (Wildman–Crippen MR) is 83.7 cm³/mol. The molecule has 0 aliphatic rings. The van der Waals surface area contributed by atoms with Crippen molar-refractivity contribution in [2.75, 3.05) is 5.32 Å². The Kier molecular flexibility index (Phi) is 5.27. The summed E-state index contributed by atoms with van der Waals surface area (Å²) in [6.45, 7) is 3.82. The molecule has 116 valence electrons. The molecule has 0 spiro atoms. The van der Waals surface area contributed by atoms with E-state index in [2.05, 4.69) is 17.2 Å². The SMILES string of the molecule is CCc1ccc(NC(=O)[C@H](C)c2nc(CC(=O)[O-])cs2)cc1. The van der Waals surface area contributed by atoms with Crippen LogP contribution in [-0.4, -0.2) is 16.9 Å². The van der Waals surface area contributed by atoms with E-state index in [1.807, 2.05) is 24.3 Å². The number of carboxylic acids is 1. The molecule has 2 aromatic rings. The fourth-order valence-electron chi connectivity index (χ4n) is 1.94. The molecule has 2 rings (SSSR count). The Morgan fingerprint density at radius 1 is 1.32 bits per heavy atom. The maximum atomic E-state index is 12.2. The van der Waals surface area contributed by atoms with Crippen molar-refractivity contribution in [1.29, 1.82) is 0 Å². The van der Waals surface area contributed by atoms with Crippen molar-refractivity contribution in [3.05, 3.63) is 45.9 Å². The van der Waals surface area contributed by atoms with Crippen molar-refractivity contribution in [2.45, 2.75) is 32.6 Å². The zero-order chi connectivity index (χ0) is 16.1. The van der Waals surface area contributed by atoms with Gasteiger partial charge in [-0.1, -0.05) is 19.1 Å². The molecular formula is C16H17N2O3S-. The van der Waals surface area contributed by atoms with Gasteiger partial charge in [0.05, 0.1) is 11.6 Å². The number of rotatable bonds is 6. The average molecular weight is 317 g/mol. The van der Waals surface area contributed by atoms with Gasteiger partial charge in [0, 0.05) is 23.5 Å². The normalized spacial score (nSPS) is 11.9. The summed E-state index contributed by atoms with van der Waals surface area (Å²) in [4.78, 5) is 27.0. The van der Waals surface area contributed by atoms with E-state index in [9.17, 15) is 14.7 Å². The molecule has 0 fully saturated rings. The molecule has 1 heterocycles. The van der Waals surface area contributed by atoms with Crippen LogP contribution < -0.4 is 10.4 Å². The Labute approximate surface area is 133 Å². The van der Waals surface area contributed by atoms with Crippen molar-refractivity contribution in [3.8, 4) is 0 Å². The molecule has 5 nitrogen and oxygen atoms in total. The number of aliphatic carboxylic acids is 1. The molecule has 1 atom stereocenters. The van der Waals surface area contributed by atoms with Crippen LogP contribution in [0.25, 0.3) is 0 Å². The van der Waals surface area contributed by atoms with E-state index in [4.69, 9.17) is 0 Å².